The molecule has 2 fully saturated rings. The van der Waals surface area contributed by atoms with Crippen LogP contribution in [0.25, 0.3) is 0 Å². The van der Waals surface area contributed by atoms with Crippen LogP contribution in [0.3, 0.4) is 0 Å². The fraction of sp³-hybridized carbons (Fsp3) is 1.00. The molecular weight excluding hydrogens is 160 g/mol. The van der Waals surface area contributed by atoms with Gasteiger partial charge in [0.2, 0.25) is 0 Å². The maximum Gasteiger partial charge on any atom is 0.0845 e. The van der Waals surface area contributed by atoms with Crippen molar-refractivity contribution in [2.45, 2.75) is 45.2 Å². The van der Waals surface area contributed by atoms with Crippen LogP contribution in [0.2, 0.25) is 0 Å². The predicted octanol–water partition coefficient (Wildman–Crippen LogP) is 1.83. The quantitative estimate of drug-likeness (QED) is 0.603. The summed E-state index contributed by atoms with van der Waals surface area (Å²) < 4.78 is 0. The highest BCUT2D eigenvalue weighted by molar-refractivity contribution is 4.90. The first kappa shape index (κ1) is 9.47. The van der Waals surface area contributed by atoms with Crippen LogP contribution >= 0.6 is 0 Å². The summed E-state index contributed by atoms with van der Waals surface area (Å²) in [5, 5.41) is 4.85. The minimum absolute atomic E-state index is 0.197. The molecule has 0 aromatic carbocycles. The van der Waals surface area contributed by atoms with E-state index in [1.165, 1.54) is 38.8 Å². The van der Waals surface area contributed by atoms with Crippen LogP contribution < -0.4 is 5.32 Å². The number of rotatable bonds is 1. The summed E-state index contributed by atoms with van der Waals surface area (Å²) in [4.78, 5) is 2.58. The van der Waals surface area contributed by atoms with Crippen molar-refractivity contribution in [2.24, 2.45) is 5.92 Å². The van der Waals surface area contributed by atoms with E-state index in [1.807, 2.05) is 0 Å². The summed E-state index contributed by atoms with van der Waals surface area (Å²) in [6.45, 7) is 8.26. The molecule has 0 amide bonds. The van der Waals surface area contributed by atoms with Crippen LogP contribution in [0.1, 0.15) is 39.5 Å². The van der Waals surface area contributed by atoms with E-state index in [4.69, 9.17) is 5.32 Å². The van der Waals surface area contributed by atoms with Gasteiger partial charge in [-0.15, -0.1) is 0 Å². The lowest BCUT2D eigenvalue weighted by Crippen LogP contribution is -2.55. The first-order chi connectivity index (χ1) is 6.21. The third-order valence-electron chi connectivity index (χ3n) is 3.64. The Labute approximate surface area is 81.7 Å². The Balaban J connectivity index is 1.95. The highest BCUT2D eigenvalue weighted by Crippen LogP contribution is 2.29. The van der Waals surface area contributed by atoms with E-state index in [0.29, 0.717) is 0 Å². The van der Waals surface area contributed by atoms with Gasteiger partial charge in [-0.3, -0.25) is 4.90 Å². The molecule has 1 radical (unpaired) electrons. The third kappa shape index (κ3) is 1.89. The molecule has 13 heavy (non-hydrogen) atoms. The number of hydrogen-bond donors (Lipinski definition) is 0. The SMILES string of the molecule is CC1CCC(C)(N2CCCC2)[N]C1. The molecule has 0 aromatic heterocycles. The minimum atomic E-state index is 0.197. The highest BCUT2D eigenvalue weighted by Gasteiger charge is 2.37. The lowest BCUT2D eigenvalue weighted by Gasteiger charge is -2.42. The average molecular weight is 181 g/mol. The zero-order chi connectivity index (χ0) is 9.31. The standard InChI is InChI=1S/C11H21N2/c1-10-5-6-11(2,12-9-10)13-7-3-4-8-13/h10H,3-9H2,1-2H3. The van der Waals surface area contributed by atoms with E-state index in [0.717, 1.165) is 12.5 Å². The Kier molecular flexibility index (Phi) is 2.61. The maximum atomic E-state index is 4.85. The molecule has 2 nitrogen and oxygen atoms in total. The molecule has 2 saturated heterocycles. The molecule has 0 aliphatic carbocycles. The summed E-state index contributed by atoms with van der Waals surface area (Å²) in [5.41, 5.74) is 0.197. The normalized spacial score (nSPS) is 42.5. The fourth-order valence-electron chi connectivity index (χ4n) is 2.50. The molecular formula is C11H21N2. The molecule has 2 heteroatoms. The largest absolute Gasteiger partial charge is 0.285 e. The second-order valence-electron chi connectivity index (χ2n) is 4.90. The van der Waals surface area contributed by atoms with Gasteiger partial charge in [0.05, 0.1) is 5.66 Å². The maximum absolute atomic E-state index is 4.85. The lowest BCUT2D eigenvalue weighted by atomic mass is 9.91. The zero-order valence-electron chi connectivity index (χ0n) is 8.92. The van der Waals surface area contributed by atoms with Crippen LogP contribution in [0.15, 0.2) is 0 Å². The van der Waals surface area contributed by atoms with Gasteiger partial charge in [-0.2, -0.15) is 0 Å². The molecule has 2 aliphatic heterocycles. The van der Waals surface area contributed by atoms with Gasteiger partial charge in [-0.25, -0.2) is 5.32 Å². The van der Waals surface area contributed by atoms with Gasteiger partial charge < -0.3 is 0 Å². The van der Waals surface area contributed by atoms with Crippen molar-refractivity contribution >= 4 is 0 Å². The van der Waals surface area contributed by atoms with E-state index in [9.17, 15) is 0 Å². The van der Waals surface area contributed by atoms with Crippen molar-refractivity contribution in [3.05, 3.63) is 0 Å². The Morgan fingerprint density at radius 3 is 2.54 bits per heavy atom. The van der Waals surface area contributed by atoms with Crippen LogP contribution in [0, 0.1) is 5.92 Å². The fourth-order valence-corrected chi connectivity index (χ4v) is 2.50. The van der Waals surface area contributed by atoms with E-state index < -0.39 is 0 Å². The summed E-state index contributed by atoms with van der Waals surface area (Å²) in [5.74, 6) is 0.815. The van der Waals surface area contributed by atoms with Gasteiger partial charge in [0.25, 0.3) is 0 Å². The van der Waals surface area contributed by atoms with Gasteiger partial charge in [-0.1, -0.05) is 6.92 Å². The van der Waals surface area contributed by atoms with E-state index in [-0.39, 0.29) is 5.66 Å². The zero-order valence-corrected chi connectivity index (χ0v) is 8.92. The van der Waals surface area contributed by atoms with Gasteiger partial charge in [0.1, 0.15) is 0 Å². The van der Waals surface area contributed by atoms with Crippen molar-refractivity contribution in [1.82, 2.24) is 10.2 Å². The van der Waals surface area contributed by atoms with E-state index >= 15 is 0 Å². The molecule has 75 valence electrons. The third-order valence-corrected chi connectivity index (χ3v) is 3.64. The Morgan fingerprint density at radius 1 is 1.31 bits per heavy atom. The van der Waals surface area contributed by atoms with E-state index in [2.05, 4.69) is 18.7 Å². The monoisotopic (exact) mass is 181 g/mol. The number of likely N-dealkylation sites (tertiary alicyclic amines) is 1. The summed E-state index contributed by atoms with van der Waals surface area (Å²) in [6.07, 6.45) is 5.38. The molecule has 2 aliphatic rings. The molecule has 0 bridgehead atoms. The minimum Gasteiger partial charge on any atom is -0.285 e. The number of piperidine rings is 1. The van der Waals surface area contributed by atoms with Crippen molar-refractivity contribution in [1.29, 1.82) is 0 Å². The molecule has 2 rings (SSSR count). The Bertz CT molecular complexity index is 165. The van der Waals surface area contributed by atoms with Crippen LogP contribution in [-0.2, 0) is 0 Å². The van der Waals surface area contributed by atoms with Gasteiger partial charge in [0.15, 0.2) is 0 Å². The summed E-state index contributed by atoms with van der Waals surface area (Å²) >= 11 is 0. The second-order valence-corrected chi connectivity index (χ2v) is 4.90. The smallest absolute Gasteiger partial charge is 0.0845 e. The average Bonchev–Trinajstić information content (AvgIpc) is 2.63. The Morgan fingerprint density at radius 2 is 2.00 bits per heavy atom. The lowest BCUT2D eigenvalue weighted by molar-refractivity contribution is 0.0497. The van der Waals surface area contributed by atoms with Crippen molar-refractivity contribution in [3.63, 3.8) is 0 Å². The van der Waals surface area contributed by atoms with E-state index in [1.54, 1.807) is 0 Å². The van der Waals surface area contributed by atoms with Crippen LogP contribution in [-0.4, -0.2) is 30.2 Å². The first-order valence-electron chi connectivity index (χ1n) is 5.64. The number of hydrogen-bond acceptors (Lipinski definition) is 1. The van der Waals surface area contributed by atoms with Gasteiger partial charge >= 0.3 is 0 Å². The molecule has 0 aromatic rings. The molecule has 0 N–H and O–H groups in total. The highest BCUT2D eigenvalue weighted by atomic mass is 15.3. The number of nitrogens with zero attached hydrogens (tertiary/aromatic N) is 2. The van der Waals surface area contributed by atoms with Crippen LogP contribution in [0.5, 0.6) is 0 Å². The molecule has 2 atom stereocenters. The molecule has 2 unspecified atom stereocenters. The summed E-state index contributed by atoms with van der Waals surface area (Å²) in [6, 6.07) is 0. The van der Waals surface area contributed by atoms with Gasteiger partial charge in [-0.05, 0) is 51.6 Å². The van der Waals surface area contributed by atoms with Crippen molar-refractivity contribution in [3.8, 4) is 0 Å². The van der Waals surface area contributed by atoms with Crippen LogP contribution in [0.4, 0.5) is 0 Å². The first-order valence-corrected chi connectivity index (χ1v) is 5.64. The van der Waals surface area contributed by atoms with Gasteiger partial charge in [0, 0.05) is 6.54 Å². The molecule has 0 spiro atoms. The predicted molar refractivity (Wildman–Crippen MR) is 54.6 cm³/mol. The van der Waals surface area contributed by atoms with Crippen molar-refractivity contribution < 1.29 is 0 Å². The van der Waals surface area contributed by atoms with Crippen molar-refractivity contribution in [2.75, 3.05) is 19.6 Å². The summed E-state index contributed by atoms with van der Waals surface area (Å²) in [7, 11) is 0. The molecule has 0 saturated carbocycles. The molecule has 2 heterocycles. The second kappa shape index (κ2) is 3.58. The topological polar surface area (TPSA) is 17.3 Å². The Hall–Kier alpha value is -0.0800.